The monoisotopic (exact) mass is 345 g/mol. The summed E-state index contributed by atoms with van der Waals surface area (Å²) in [6, 6.07) is 0. The summed E-state index contributed by atoms with van der Waals surface area (Å²) < 4.78 is 7.28. The molecular formula is C15H16ClN7O. The van der Waals surface area contributed by atoms with E-state index in [0.29, 0.717) is 29.6 Å². The molecule has 1 saturated heterocycles. The lowest BCUT2D eigenvalue weighted by molar-refractivity contribution is 0.122. The van der Waals surface area contributed by atoms with Crippen molar-refractivity contribution in [3.63, 3.8) is 0 Å². The normalized spacial score (nSPS) is 15.2. The van der Waals surface area contributed by atoms with Gasteiger partial charge >= 0.3 is 0 Å². The number of imidazole rings is 1. The number of halogens is 1. The molecule has 1 fully saturated rings. The van der Waals surface area contributed by atoms with Gasteiger partial charge in [-0.1, -0.05) is 11.6 Å². The zero-order valence-corrected chi connectivity index (χ0v) is 13.9. The lowest BCUT2D eigenvalue weighted by Gasteiger charge is -2.28. The number of hydrogen-bond acceptors (Lipinski definition) is 7. The van der Waals surface area contributed by atoms with Crippen LogP contribution >= 0.6 is 11.6 Å². The standard InChI is InChI=1S/C15H16ClN7O/c1-9-8-23-12(16)11(10-6-18-15(17)19-7-10)21-13(14(23)20-9)22-2-4-24-5-3-22/h6-8H,2-5H2,1H3,(H2,17,18,19). The summed E-state index contributed by atoms with van der Waals surface area (Å²) in [6.45, 7) is 4.77. The number of ether oxygens (including phenoxy) is 1. The van der Waals surface area contributed by atoms with Crippen molar-refractivity contribution in [2.45, 2.75) is 6.92 Å². The lowest BCUT2D eigenvalue weighted by atomic mass is 10.2. The minimum atomic E-state index is 0.211. The van der Waals surface area contributed by atoms with E-state index in [-0.39, 0.29) is 5.95 Å². The number of anilines is 2. The van der Waals surface area contributed by atoms with Crippen LogP contribution in [0.5, 0.6) is 0 Å². The van der Waals surface area contributed by atoms with Crippen LogP contribution in [0.25, 0.3) is 16.9 Å². The minimum absolute atomic E-state index is 0.211. The molecule has 9 heteroatoms. The molecule has 124 valence electrons. The second kappa shape index (κ2) is 5.88. The van der Waals surface area contributed by atoms with Crippen molar-refractivity contribution in [3.8, 4) is 11.3 Å². The number of nitrogen functional groups attached to an aromatic ring is 1. The van der Waals surface area contributed by atoms with E-state index in [0.717, 1.165) is 30.2 Å². The molecule has 1 aliphatic heterocycles. The largest absolute Gasteiger partial charge is 0.378 e. The van der Waals surface area contributed by atoms with Gasteiger partial charge in [0.2, 0.25) is 5.95 Å². The first-order valence-electron chi connectivity index (χ1n) is 7.59. The molecule has 2 N–H and O–H groups in total. The second-order valence-corrected chi connectivity index (χ2v) is 5.94. The van der Waals surface area contributed by atoms with Crippen LogP contribution < -0.4 is 10.6 Å². The number of fused-ring (bicyclic) bond motifs is 1. The highest BCUT2D eigenvalue weighted by atomic mass is 35.5. The summed E-state index contributed by atoms with van der Waals surface area (Å²) >= 11 is 6.57. The zero-order chi connectivity index (χ0) is 16.7. The van der Waals surface area contributed by atoms with Crippen LogP contribution in [0.1, 0.15) is 5.69 Å². The fourth-order valence-electron chi connectivity index (χ4n) is 2.75. The number of hydrogen-bond donors (Lipinski definition) is 1. The van der Waals surface area contributed by atoms with E-state index >= 15 is 0 Å². The summed E-state index contributed by atoms with van der Waals surface area (Å²) in [5, 5.41) is 0.469. The average Bonchev–Trinajstić information content (AvgIpc) is 2.99. The Hall–Kier alpha value is -2.45. The van der Waals surface area contributed by atoms with Gasteiger partial charge in [-0.05, 0) is 6.92 Å². The maximum Gasteiger partial charge on any atom is 0.219 e. The van der Waals surface area contributed by atoms with Gasteiger partial charge in [0.05, 0.1) is 18.9 Å². The molecule has 0 spiro atoms. The Balaban J connectivity index is 1.93. The van der Waals surface area contributed by atoms with Crippen LogP contribution in [-0.4, -0.2) is 50.6 Å². The van der Waals surface area contributed by atoms with Gasteiger partial charge in [-0.25, -0.2) is 19.9 Å². The van der Waals surface area contributed by atoms with Crippen molar-refractivity contribution in [2.75, 3.05) is 36.9 Å². The number of aryl methyl sites for hydroxylation is 1. The average molecular weight is 346 g/mol. The van der Waals surface area contributed by atoms with Crippen LogP contribution in [0.4, 0.5) is 11.8 Å². The first kappa shape index (κ1) is 15.1. The van der Waals surface area contributed by atoms with Crippen molar-refractivity contribution < 1.29 is 4.74 Å². The molecule has 3 aromatic rings. The second-order valence-electron chi connectivity index (χ2n) is 5.58. The SMILES string of the molecule is Cc1cn2c(Cl)c(-c3cnc(N)nc3)nc(N3CCOCC3)c2n1. The van der Waals surface area contributed by atoms with Crippen LogP contribution in [0.3, 0.4) is 0 Å². The third-order valence-corrected chi connectivity index (χ3v) is 4.27. The third kappa shape index (κ3) is 2.53. The molecule has 0 amide bonds. The van der Waals surface area contributed by atoms with Gasteiger partial charge in [-0.15, -0.1) is 0 Å². The Morgan fingerprint density at radius 2 is 1.88 bits per heavy atom. The van der Waals surface area contributed by atoms with E-state index in [9.17, 15) is 0 Å². The smallest absolute Gasteiger partial charge is 0.219 e. The molecule has 0 atom stereocenters. The van der Waals surface area contributed by atoms with Crippen molar-refractivity contribution in [2.24, 2.45) is 0 Å². The molecule has 8 nitrogen and oxygen atoms in total. The van der Waals surface area contributed by atoms with Gasteiger partial charge in [0.25, 0.3) is 0 Å². The molecule has 24 heavy (non-hydrogen) atoms. The van der Waals surface area contributed by atoms with Crippen molar-refractivity contribution in [1.29, 1.82) is 0 Å². The Morgan fingerprint density at radius 3 is 2.58 bits per heavy atom. The van der Waals surface area contributed by atoms with E-state index in [4.69, 9.17) is 27.1 Å². The van der Waals surface area contributed by atoms with E-state index in [2.05, 4.69) is 19.9 Å². The number of rotatable bonds is 2. The quantitative estimate of drug-likeness (QED) is 0.753. The topological polar surface area (TPSA) is 94.5 Å². The third-order valence-electron chi connectivity index (χ3n) is 3.91. The number of morpholine rings is 1. The van der Waals surface area contributed by atoms with Crippen LogP contribution in [0.2, 0.25) is 5.15 Å². The van der Waals surface area contributed by atoms with E-state index in [1.807, 2.05) is 17.5 Å². The zero-order valence-electron chi connectivity index (χ0n) is 13.1. The number of nitrogens with two attached hydrogens (primary N) is 1. The van der Waals surface area contributed by atoms with Crippen molar-refractivity contribution in [3.05, 3.63) is 29.4 Å². The molecule has 1 aliphatic rings. The molecule has 4 rings (SSSR count). The Morgan fingerprint density at radius 1 is 1.17 bits per heavy atom. The highest BCUT2D eigenvalue weighted by Gasteiger charge is 2.22. The molecule has 0 bridgehead atoms. The molecule has 0 aromatic carbocycles. The van der Waals surface area contributed by atoms with E-state index < -0.39 is 0 Å². The van der Waals surface area contributed by atoms with Crippen molar-refractivity contribution >= 4 is 29.0 Å². The lowest BCUT2D eigenvalue weighted by Crippen LogP contribution is -2.37. The van der Waals surface area contributed by atoms with Gasteiger partial charge in [-0.3, -0.25) is 4.40 Å². The van der Waals surface area contributed by atoms with Crippen LogP contribution in [-0.2, 0) is 4.74 Å². The minimum Gasteiger partial charge on any atom is -0.378 e. The molecule has 0 aliphatic carbocycles. The maximum atomic E-state index is 6.57. The predicted octanol–water partition coefficient (Wildman–Crippen LogP) is 1.57. The number of nitrogens with zero attached hydrogens (tertiary/aromatic N) is 6. The summed E-state index contributed by atoms with van der Waals surface area (Å²) in [6.07, 6.45) is 5.13. The Kier molecular flexibility index (Phi) is 3.70. The maximum absolute atomic E-state index is 6.57. The summed E-state index contributed by atoms with van der Waals surface area (Å²) in [5.74, 6) is 0.991. The molecule has 0 radical (unpaired) electrons. The fraction of sp³-hybridized carbons (Fsp3) is 0.333. The molecule has 4 heterocycles. The van der Waals surface area contributed by atoms with Gasteiger partial charge in [0.1, 0.15) is 10.8 Å². The first-order valence-corrected chi connectivity index (χ1v) is 7.97. The highest BCUT2D eigenvalue weighted by Crippen LogP contribution is 2.31. The predicted molar refractivity (Wildman–Crippen MR) is 91.2 cm³/mol. The Bertz CT molecular complexity index is 887. The van der Waals surface area contributed by atoms with Gasteiger partial charge < -0.3 is 15.4 Å². The summed E-state index contributed by atoms with van der Waals surface area (Å²) in [4.78, 5) is 19.6. The van der Waals surface area contributed by atoms with Crippen LogP contribution in [0.15, 0.2) is 18.6 Å². The van der Waals surface area contributed by atoms with Gasteiger partial charge in [0, 0.05) is 37.2 Å². The molecule has 0 saturated carbocycles. The van der Waals surface area contributed by atoms with Crippen LogP contribution in [0, 0.1) is 6.92 Å². The molecule has 3 aromatic heterocycles. The van der Waals surface area contributed by atoms with E-state index in [1.165, 1.54) is 0 Å². The van der Waals surface area contributed by atoms with Gasteiger partial charge in [-0.2, -0.15) is 0 Å². The first-order chi connectivity index (χ1) is 11.6. The number of aromatic nitrogens is 5. The Labute approximate surface area is 143 Å². The molecular weight excluding hydrogens is 330 g/mol. The fourth-order valence-corrected chi connectivity index (χ4v) is 3.03. The molecule has 0 unspecified atom stereocenters. The summed E-state index contributed by atoms with van der Waals surface area (Å²) in [7, 11) is 0. The van der Waals surface area contributed by atoms with Crippen molar-refractivity contribution in [1.82, 2.24) is 24.3 Å². The summed E-state index contributed by atoms with van der Waals surface area (Å²) in [5.41, 5.74) is 8.49. The van der Waals surface area contributed by atoms with Gasteiger partial charge in [0.15, 0.2) is 11.5 Å². The van der Waals surface area contributed by atoms with E-state index in [1.54, 1.807) is 12.4 Å². The highest BCUT2D eigenvalue weighted by molar-refractivity contribution is 6.32.